The van der Waals surface area contributed by atoms with Crippen molar-refractivity contribution in [3.63, 3.8) is 0 Å². The van der Waals surface area contributed by atoms with Crippen LogP contribution in [0.25, 0.3) is 11.1 Å². The summed E-state index contributed by atoms with van der Waals surface area (Å²) in [5, 5.41) is 15.7. The van der Waals surface area contributed by atoms with E-state index in [4.69, 9.17) is 18.9 Å². The monoisotopic (exact) mass is 920 g/mol. The van der Waals surface area contributed by atoms with Crippen LogP contribution in [0, 0.1) is 0 Å². The number of ether oxygens (including phenoxy) is 6. The molecule has 4 aliphatic rings. The normalized spacial score (nSPS) is 17.9. The Balaban J connectivity index is 0.000000227. The van der Waals surface area contributed by atoms with Crippen LogP contribution < -0.4 is 31.9 Å². The molecule has 20 heteroatoms. The minimum atomic E-state index is -0.698. The number of carbonyl (C=O) groups excluding carboxylic acids is 8. The summed E-state index contributed by atoms with van der Waals surface area (Å²) in [5.74, 6) is -1.01. The number of hydrogen-bond acceptors (Lipinski definition) is 15. The van der Waals surface area contributed by atoms with Gasteiger partial charge in [-0.05, 0) is 107 Å². The lowest BCUT2D eigenvalue weighted by Gasteiger charge is -2.19. The molecule has 6 N–H and O–H groups in total. The van der Waals surface area contributed by atoms with Crippen molar-refractivity contribution < 1.29 is 66.8 Å². The van der Waals surface area contributed by atoms with Gasteiger partial charge in [0, 0.05) is 25.6 Å². The Morgan fingerprint density at radius 1 is 0.621 bits per heavy atom. The van der Waals surface area contributed by atoms with Gasteiger partial charge in [-0.2, -0.15) is 0 Å². The molecule has 2 aromatic rings. The minimum absolute atomic E-state index is 0.0562. The number of nitrogens with one attached hydrogen (secondary N) is 6. The molecule has 0 saturated carbocycles. The van der Waals surface area contributed by atoms with Gasteiger partial charge in [-0.25, -0.2) is 38.4 Å². The van der Waals surface area contributed by atoms with E-state index in [1.165, 1.54) is 28.3 Å². The molecule has 358 valence electrons. The predicted molar refractivity (Wildman–Crippen MR) is 237 cm³/mol. The molecule has 1 aliphatic carbocycles. The van der Waals surface area contributed by atoms with Crippen LogP contribution in [-0.2, 0) is 42.8 Å². The molecule has 3 saturated heterocycles. The number of alkyl carbamates (subject to hydrolysis) is 5. The van der Waals surface area contributed by atoms with E-state index >= 15 is 0 Å². The second-order valence-corrected chi connectivity index (χ2v) is 16.3. The zero-order valence-electron chi connectivity index (χ0n) is 37.5. The van der Waals surface area contributed by atoms with E-state index < -0.39 is 60.1 Å². The fourth-order valence-electron chi connectivity index (χ4n) is 6.97. The van der Waals surface area contributed by atoms with Crippen LogP contribution in [0.15, 0.2) is 73.6 Å². The zero-order chi connectivity index (χ0) is 48.1. The van der Waals surface area contributed by atoms with Crippen LogP contribution in [0.4, 0.5) is 24.0 Å². The third-order valence-corrected chi connectivity index (χ3v) is 10.0. The zero-order valence-corrected chi connectivity index (χ0v) is 37.5. The van der Waals surface area contributed by atoms with E-state index in [0.29, 0.717) is 77.1 Å². The molecule has 0 bridgehead atoms. The van der Waals surface area contributed by atoms with Crippen molar-refractivity contribution in [2.24, 2.45) is 0 Å². The van der Waals surface area contributed by atoms with Gasteiger partial charge in [0.1, 0.15) is 36.9 Å². The van der Waals surface area contributed by atoms with Gasteiger partial charge in [0.2, 0.25) is 0 Å². The number of esters is 3. The molecule has 3 fully saturated rings. The lowest BCUT2D eigenvalue weighted by atomic mass is 9.98. The fourth-order valence-corrected chi connectivity index (χ4v) is 6.97. The van der Waals surface area contributed by atoms with Crippen LogP contribution in [0.2, 0.25) is 0 Å². The van der Waals surface area contributed by atoms with E-state index in [9.17, 15) is 38.4 Å². The third kappa shape index (κ3) is 17.5. The second-order valence-electron chi connectivity index (χ2n) is 16.3. The summed E-state index contributed by atoms with van der Waals surface area (Å²) in [6, 6.07) is 15.0. The highest BCUT2D eigenvalue weighted by Crippen LogP contribution is 2.44. The molecule has 3 heterocycles. The molecular formula is C46H60N6O14. The molecule has 6 rings (SSSR count). The van der Waals surface area contributed by atoms with Gasteiger partial charge in [0.15, 0.2) is 5.88 Å². The van der Waals surface area contributed by atoms with Gasteiger partial charge >= 0.3 is 48.4 Å². The average Bonchev–Trinajstić information content (AvgIpc) is 3.98. The lowest BCUT2D eigenvalue weighted by molar-refractivity contribution is -0.137. The minimum Gasteiger partial charge on any atom is -0.449 e. The molecule has 20 nitrogen and oxygen atoms in total. The number of benzene rings is 2. The average molecular weight is 921 g/mol. The highest BCUT2D eigenvalue weighted by molar-refractivity contribution is 5.96. The number of cyclic esters (lactones) is 5. The number of carbonyl (C=O) groups is 8. The standard InChI is InChI=1S/C23H24N2O4.C12H20N2O5.C11H16N2O5/c1-15-25-21(22(26)29-15)12-6-7-13-24-23(27)28-14-20-18-10-4-2-8-16(18)17-9-3-5-11-19(17)20;1-12(2,3)19-10(16)13-7-5-4-6-8-9(15)18-11(17)14-8;1-2-7-17-10(15)12-6-4-3-5-8-9(14)18-11(16)13-8/h2-5,8-11,20-21,25H,1,6-7,12-14H2,(H,24,27);8H,4-7H2,1-3H3,(H,13,16)(H,14,17);2,8H,1,3-7H2,(H,12,15)(H,13,16)/t21-;2*8-/m000/s1. The van der Waals surface area contributed by atoms with Crippen LogP contribution in [0.3, 0.4) is 0 Å². The lowest BCUT2D eigenvalue weighted by Crippen LogP contribution is -2.33. The Labute approximate surface area is 383 Å². The summed E-state index contributed by atoms with van der Waals surface area (Å²) in [7, 11) is 0. The van der Waals surface area contributed by atoms with Gasteiger partial charge in [-0.1, -0.05) is 61.2 Å². The molecule has 2 aromatic carbocycles. The maximum absolute atomic E-state index is 12.1. The smallest absolute Gasteiger partial charge is 0.415 e. The largest absolute Gasteiger partial charge is 0.449 e. The quantitative estimate of drug-likeness (QED) is 0.0325. The molecule has 3 atom stereocenters. The maximum Gasteiger partial charge on any atom is 0.415 e. The van der Waals surface area contributed by atoms with Crippen LogP contribution in [0.1, 0.15) is 95.6 Å². The molecule has 5 amide bonds. The molecule has 66 heavy (non-hydrogen) atoms. The molecule has 3 aliphatic heterocycles. The van der Waals surface area contributed by atoms with E-state index in [1.54, 1.807) is 20.8 Å². The highest BCUT2D eigenvalue weighted by atomic mass is 16.6. The van der Waals surface area contributed by atoms with E-state index in [0.717, 1.165) is 12.8 Å². The van der Waals surface area contributed by atoms with Crippen LogP contribution in [-0.4, -0.2) is 105 Å². The van der Waals surface area contributed by atoms with Gasteiger partial charge in [-0.3, -0.25) is 0 Å². The van der Waals surface area contributed by atoms with Crippen molar-refractivity contribution in [2.45, 2.75) is 108 Å². The molecule has 0 spiro atoms. The van der Waals surface area contributed by atoms with E-state index in [1.807, 2.05) is 24.3 Å². The highest BCUT2D eigenvalue weighted by Gasteiger charge is 2.33. The van der Waals surface area contributed by atoms with Gasteiger partial charge in [-0.15, -0.1) is 0 Å². The van der Waals surface area contributed by atoms with Gasteiger partial charge in [0.05, 0.1) is 0 Å². The van der Waals surface area contributed by atoms with Crippen molar-refractivity contribution in [2.75, 3.05) is 32.8 Å². The number of fused-ring (bicyclic) bond motifs is 3. The van der Waals surface area contributed by atoms with Crippen molar-refractivity contribution in [3.05, 3.63) is 84.8 Å². The third-order valence-electron chi connectivity index (χ3n) is 10.0. The summed E-state index contributed by atoms with van der Waals surface area (Å²) in [5.41, 5.74) is 4.29. The molecule has 0 aromatic heterocycles. The first-order valence-electron chi connectivity index (χ1n) is 21.8. The molecular weight excluding hydrogens is 861 g/mol. The summed E-state index contributed by atoms with van der Waals surface area (Å²) in [6.45, 7) is 14.3. The van der Waals surface area contributed by atoms with Crippen molar-refractivity contribution in [3.8, 4) is 11.1 Å². The van der Waals surface area contributed by atoms with Crippen molar-refractivity contribution in [1.82, 2.24) is 31.9 Å². The number of unbranched alkanes of at least 4 members (excludes halogenated alkanes) is 3. The molecule has 0 radical (unpaired) electrons. The number of rotatable bonds is 19. The van der Waals surface area contributed by atoms with Crippen LogP contribution >= 0.6 is 0 Å². The van der Waals surface area contributed by atoms with Crippen molar-refractivity contribution >= 4 is 48.4 Å². The Bertz CT molecular complexity index is 2020. The maximum atomic E-state index is 12.1. The summed E-state index contributed by atoms with van der Waals surface area (Å²) >= 11 is 0. The van der Waals surface area contributed by atoms with Gasteiger partial charge in [0.25, 0.3) is 0 Å². The first kappa shape index (κ1) is 51.5. The number of amides is 5. The topological polar surface area (TPSA) is 264 Å². The predicted octanol–water partition coefficient (Wildman–Crippen LogP) is 5.70. The van der Waals surface area contributed by atoms with Gasteiger partial charge < -0.3 is 60.3 Å². The number of hydrogen-bond donors (Lipinski definition) is 6. The second kappa shape index (κ2) is 26.0. The Kier molecular flexibility index (Phi) is 20.3. The van der Waals surface area contributed by atoms with E-state index in [2.05, 4.69) is 78.8 Å². The van der Waals surface area contributed by atoms with E-state index in [-0.39, 0.29) is 24.5 Å². The SMILES string of the molecule is C=C1N[C@@H](CCCCNC(=O)OCC2c3ccccc3-c3ccccc32)C(=O)O1.C=CCOC(=O)NCCCC[C@@H]1NC(=O)OC1=O.CC(C)(C)OC(=O)NCCCC[C@@H]1NC(=O)OC1=O. The van der Waals surface area contributed by atoms with Crippen LogP contribution in [0.5, 0.6) is 0 Å². The van der Waals surface area contributed by atoms with Crippen molar-refractivity contribution in [1.29, 1.82) is 0 Å². The Morgan fingerprint density at radius 2 is 1.05 bits per heavy atom. The Hall–Kier alpha value is -7.12. The molecule has 0 unspecified atom stereocenters. The Morgan fingerprint density at radius 3 is 1.45 bits per heavy atom. The first-order valence-corrected chi connectivity index (χ1v) is 21.8. The summed E-state index contributed by atoms with van der Waals surface area (Å²) < 4.78 is 28.8. The fraction of sp³-hybridized carbons (Fsp3) is 0.478. The first-order chi connectivity index (χ1) is 31.5. The summed E-state index contributed by atoms with van der Waals surface area (Å²) in [4.78, 5) is 89.6. The summed E-state index contributed by atoms with van der Waals surface area (Å²) in [6.07, 6.45) is 4.64.